The van der Waals surface area contributed by atoms with Crippen molar-refractivity contribution in [1.29, 1.82) is 0 Å². The molecule has 0 bridgehead atoms. The molecule has 1 aromatic heterocycles. The molecular formula is C30H30N2O4. The first-order valence-corrected chi connectivity index (χ1v) is 11.9. The number of carbonyl (C=O) groups excluding carboxylic acids is 1. The van der Waals surface area contributed by atoms with Crippen LogP contribution in [0.3, 0.4) is 0 Å². The van der Waals surface area contributed by atoms with Crippen molar-refractivity contribution in [3.63, 3.8) is 0 Å². The number of hydrogen-bond donors (Lipinski definition) is 1. The number of likely N-dealkylation sites (N-methyl/N-ethyl adjacent to an activating group) is 1. The van der Waals surface area contributed by atoms with Crippen LogP contribution in [-0.2, 0) is 29.2 Å². The Morgan fingerprint density at radius 1 is 0.944 bits per heavy atom. The molecule has 184 valence electrons. The topological polar surface area (TPSA) is 71.8 Å². The van der Waals surface area contributed by atoms with Crippen molar-refractivity contribution < 1.29 is 19.4 Å². The fourth-order valence-corrected chi connectivity index (χ4v) is 4.07. The zero-order chi connectivity index (χ0) is 25.5. The molecule has 0 saturated carbocycles. The third-order valence-corrected chi connectivity index (χ3v) is 6.15. The van der Waals surface area contributed by atoms with E-state index in [1.807, 2.05) is 77.5 Å². The van der Waals surface area contributed by atoms with Crippen LogP contribution in [0.25, 0.3) is 17.0 Å². The van der Waals surface area contributed by atoms with Crippen LogP contribution < -0.4 is 4.74 Å². The molecule has 3 aromatic carbocycles. The first-order chi connectivity index (χ1) is 17.4. The molecular weight excluding hydrogens is 452 g/mol. The Labute approximate surface area is 211 Å². The standard InChI is InChI=1S/C30H30N2O4/c1-22(30(34)35)18-25-19-32(20-28(33)31(2)17-16-23-10-5-3-6-11-23)26-14-9-15-27(29(25)26)36-21-24-12-7-4-8-13-24/h3-15,18-19H,16-17,20-21H2,1-2H3,(H,34,35)/b22-18+. The maximum absolute atomic E-state index is 13.1. The number of ether oxygens (including phenoxy) is 1. The summed E-state index contributed by atoms with van der Waals surface area (Å²) in [6, 6.07) is 25.6. The molecule has 1 amide bonds. The Hall–Kier alpha value is -4.32. The fourth-order valence-electron chi connectivity index (χ4n) is 4.07. The first-order valence-electron chi connectivity index (χ1n) is 11.9. The normalized spacial score (nSPS) is 11.4. The van der Waals surface area contributed by atoms with Gasteiger partial charge in [0.05, 0.1) is 5.52 Å². The maximum atomic E-state index is 13.1. The van der Waals surface area contributed by atoms with Gasteiger partial charge in [-0.15, -0.1) is 0 Å². The zero-order valence-electron chi connectivity index (χ0n) is 20.6. The number of aliphatic carboxylic acids is 1. The Balaban J connectivity index is 1.60. The van der Waals surface area contributed by atoms with Crippen LogP contribution >= 0.6 is 0 Å². The number of benzene rings is 3. The third-order valence-electron chi connectivity index (χ3n) is 6.15. The summed E-state index contributed by atoms with van der Waals surface area (Å²) in [4.78, 5) is 26.3. The minimum Gasteiger partial charge on any atom is -0.488 e. The monoisotopic (exact) mass is 482 g/mol. The zero-order valence-corrected chi connectivity index (χ0v) is 20.6. The van der Waals surface area contributed by atoms with Crippen molar-refractivity contribution >= 4 is 28.9 Å². The van der Waals surface area contributed by atoms with Crippen LogP contribution in [0.15, 0.2) is 90.6 Å². The van der Waals surface area contributed by atoms with Crippen molar-refractivity contribution in [2.75, 3.05) is 13.6 Å². The molecule has 0 aliphatic carbocycles. The van der Waals surface area contributed by atoms with Gasteiger partial charge in [-0.05, 0) is 42.7 Å². The largest absolute Gasteiger partial charge is 0.488 e. The summed E-state index contributed by atoms with van der Waals surface area (Å²) < 4.78 is 8.02. The summed E-state index contributed by atoms with van der Waals surface area (Å²) in [6.45, 7) is 2.69. The molecule has 0 unspecified atom stereocenters. The second-order valence-corrected chi connectivity index (χ2v) is 8.82. The van der Waals surface area contributed by atoms with Crippen molar-refractivity contribution in [2.24, 2.45) is 0 Å². The number of carbonyl (C=O) groups is 2. The van der Waals surface area contributed by atoms with Gasteiger partial charge in [-0.25, -0.2) is 4.79 Å². The quantitative estimate of drug-likeness (QED) is 0.307. The van der Waals surface area contributed by atoms with Crippen LogP contribution in [-0.4, -0.2) is 40.0 Å². The van der Waals surface area contributed by atoms with Crippen molar-refractivity contribution in [2.45, 2.75) is 26.5 Å². The van der Waals surface area contributed by atoms with Gasteiger partial charge in [0.1, 0.15) is 18.9 Å². The predicted molar refractivity (Wildman–Crippen MR) is 142 cm³/mol. The lowest BCUT2D eigenvalue weighted by Gasteiger charge is -2.18. The molecule has 0 aliphatic heterocycles. The molecule has 0 aliphatic rings. The summed E-state index contributed by atoms with van der Waals surface area (Å²) in [5.41, 5.74) is 3.93. The minimum absolute atomic E-state index is 0.0241. The maximum Gasteiger partial charge on any atom is 0.331 e. The van der Waals surface area contributed by atoms with Crippen LogP contribution in [0, 0.1) is 0 Å². The smallest absolute Gasteiger partial charge is 0.331 e. The number of hydrogen-bond acceptors (Lipinski definition) is 3. The second kappa shape index (κ2) is 11.4. The van der Waals surface area contributed by atoms with E-state index in [0.29, 0.717) is 24.5 Å². The number of amides is 1. The summed E-state index contributed by atoms with van der Waals surface area (Å²) in [5, 5.41) is 10.2. The van der Waals surface area contributed by atoms with Crippen LogP contribution in [0.4, 0.5) is 0 Å². The average molecular weight is 483 g/mol. The Bertz CT molecular complexity index is 1370. The van der Waals surface area contributed by atoms with E-state index in [-0.39, 0.29) is 18.0 Å². The van der Waals surface area contributed by atoms with Crippen molar-refractivity contribution in [1.82, 2.24) is 9.47 Å². The molecule has 1 heterocycles. The van der Waals surface area contributed by atoms with E-state index in [1.165, 1.54) is 5.56 Å². The van der Waals surface area contributed by atoms with E-state index in [0.717, 1.165) is 22.9 Å². The number of rotatable bonds is 10. The number of carboxylic acid groups (broad SMARTS) is 1. The van der Waals surface area contributed by atoms with Gasteiger partial charge in [0.25, 0.3) is 0 Å². The average Bonchev–Trinajstić information content (AvgIpc) is 3.24. The van der Waals surface area contributed by atoms with E-state index in [1.54, 1.807) is 24.9 Å². The number of nitrogens with zero attached hydrogens (tertiary/aromatic N) is 2. The van der Waals surface area contributed by atoms with Gasteiger partial charge in [0.2, 0.25) is 5.91 Å². The van der Waals surface area contributed by atoms with Gasteiger partial charge in [0.15, 0.2) is 0 Å². The number of aromatic nitrogens is 1. The molecule has 1 N–H and O–H groups in total. The molecule has 4 aromatic rings. The molecule has 0 fully saturated rings. The highest BCUT2D eigenvalue weighted by Gasteiger charge is 2.17. The van der Waals surface area contributed by atoms with E-state index < -0.39 is 5.97 Å². The van der Waals surface area contributed by atoms with Crippen LogP contribution in [0.1, 0.15) is 23.6 Å². The van der Waals surface area contributed by atoms with Gasteiger partial charge in [-0.1, -0.05) is 66.7 Å². The van der Waals surface area contributed by atoms with Gasteiger partial charge < -0.3 is 19.3 Å². The van der Waals surface area contributed by atoms with Gasteiger partial charge in [-0.2, -0.15) is 0 Å². The lowest BCUT2D eigenvalue weighted by Crippen LogP contribution is -2.31. The molecule has 0 spiro atoms. The van der Waals surface area contributed by atoms with Crippen molar-refractivity contribution in [3.05, 3.63) is 107 Å². The Morgan fingerprint density at radius 3 is 2.28 bits per heavy atom. The molecule has 6 nitrogen and oxygen atoms in total. The predicted octanol–water partition coefficient (Wildman–Crippen LogP) is 5.41. The lowest BCUT2D eigenvalue weighted by atomic mass is 10.1. The number of fused-ring (bicyclic) bond motifs is 1. The minimum atomic E-state index is -0.990. The summed E-state index contributed by atoms with van der Waals surface area (Å²) in [7, 11) is 1.81. The SMILES string of the molecule is C/C(=C\c1cn(CC(=O)N(C)CCc2ccccc2)c2cccc(OCc3ccccc3)c12)C(=O)O. The van der Waals surface area contributed by atoms with Gasteiger partial charge in [-0.3, -0.25) is 4.79 Å². The summed E-state index contributed by atoms with van der Waals surface area (Å²) in [6.07, 6.45) is 4.23. The second-order valence-electron chi connectivity index (χ2n) is 8.82. The fraction of sp³-hybridized carbons (Fsp3) is 0.200. The molecule has 0 saturated heterocycles. The van der Waals surface area contributed by atoms with Crippen LogP contribution in [0.2, 0.25) is 0 Å². The number of carboxylic acids is 1. The van der Waals surface area contributed by atoms with E-state index >= 15 is 0 Å². The Morgan fingerprint density at radius 2 is 1.61 bits per heavy atom. The lowest BCUT2D eigenvalue weighted by molar-refractivity contribution is -0.132. The highest BCUT2D eigenvalue weighted by atomic mass is 16.5. The van der Waals surface area contributed by atoms with E-state index in [9.17, 15) is 14.7 Å². The molecule has 6 heteroatoms. The molecule has 0 radical (unpaired) electrons. The summed E-state index contributed by atoms with van der Waals surface area (Å²) in [5.74, 6) is -0.372. The highest BCUT2D eigenvalue weighted by Crippen LogP contribution is 2.33. The first kappa shape index (κ1) is 24.8. The molecule has 4 rings (SSSR count). The van der Waals surface area contributed by atoms with Gasteiger partial charge in [0, 0.05) is 36.3 Å². The van der Waals surface area contributed by atoms with E-state index in [4.69, 9.17) is 4.74 Å². The van der Waals surface area contributed by atoms with E-state index in [2.05, 4.69) is 12.1 Å². The third kappa shape index (κ3) is 6.02. The van der Waals surface area contributed by atoms with Crippen LogP contribution in [0.5, 0.6) is 5.75 Å². The summed E-state index contributed by atoms with van der Waals surface area (Å²) >= 11 is 0. The highest BCUT2D eigenvalue weighted by molar-refractivity contribution is 6.00. The Kier molecular flexibility index (Phi) is 7.85. The van der Waals surface area contributed by atoms with Gasteiger partial charge >= 0.3 is 5.97 Å². The molecule has 0 atom stereocenters. The molecule has 36 heavy (non-hydrogen) atoms. The van der Waals surface area contributed by atoms with Crippen molar-refractivity contribution in [3.8, 4) is 5.75 Å².